The highest BCUT2D eigenvalue weighted by Crippen LogP contribution is 2.07. The third kappa shape index (κ3) is 4.25. The SMILES string of the molecule is c1ccc(OCCOCc2cccnc2)cc1. The van der Waals surface area contributed by atoms with Crippen LogP contribution in [-0.4, -0.2) is 18.2 Å². The third-order valence-electron chi connectivity index (χ3n) is 2.23. The Morgan fingerprint density at radius 2 is 1.82 bits per heavy atom. The molecule has 0 fully saturated rings. The molecule has 0 saturated carbocycles. The van der Waals surface area contributed by atoms with Gasteiger partial charge in [-0.15, -0.1) is 0 Å². The van der Waals surface area contributed by atoms with Crippen LogP contribution in [0.3, 0.4) is 0 Å². The highest BCUT2D eigenvalue weighted by molar-refractivity contribution is 5.20. The summed E-state index contributed by atoms with van der Waals surface area (Å²) in [6.07, 6.45) is 3.56. The minimum absolute atomic E-state index is 0.560. The predicted molar refractivity (Wildman–Crippen MR) is 65.8 cm³/mol. The second-order valence-corrected chi connectivity index (χ2v) is 3.58. The van der Waals surface area contributed by atoms with E-state index in [0.29, 0.717) is 19.8 Å². The molecule has 1 heterocycles. The van der Waals surface area contributed by atoms with E-state index >= 15 is 0 Å². The van der Waals surface area contributed by atoms with Crippen LogP contribution in [0.2, 0.25) is 0 Å². The summed E-state index contributed by atoms with van der Waals surface area (Å²) in [5.41, 5.74) is 1.08. The van der Waals surface area contributed by atoms with Crippen molar-refractivity contribution in [1.29, 1.82) is 0 Å². The molecule has 0 atom stereocenters. The summed E-state index contributed by atoms with van der Waals surface area (Å²) >= 11 is 0. The van der Waals surface area contributed by atoms with Crippen molar-refractivity contribution < 1.29 is 9.47 Å². The van der Waals surface area contributed by atoms with Crippen LogP contribution < -0.4 is 4.74 Å². The topological polar surface area (TPSA) is 31.4 Å². The fourth-order valence-electron chi connectivity index (χ4n) is 1.41. The van der Waals surface area contributed by atoms with Crippen LogP contribution in [0.15, 0.2) is 54.9 Å². The van der Waals surface area contributed by atoms with Crippen molar-refractivity contribution in [2.45, 2.75) is 6.61 Å². The van der Waals surface area contributed by atoms with E-state index in [-0.39, 0.29) is 0 Å². The Morgan fingerprint density at radius 3 is 2.59 bits per heavy atom. The average molecular weight is 229 g/mol. The molecule has 0 aliphatic rings. The molecule has 0 saturated heterocycles. The Labute approximate surface area is 101 Å². The lowest BCUT2D eigenvalue weighted by Gasteiger charge is -2.06. The van der Waals surface area contributed by atoms with E-state index in [0.717, 1.165) is 11.3 Å². The first-order valence-electron chi connectivity index (χ1n) is 5.59. The molecule has 0 radical (unpaired) electrons. The number of para-hydroxylation sites is 1. The largest absolute Gasteiger partial charge is 0.491 e. The maximum atomic E-state index is 5.50. The number of nitrogens with zero attached hydrogens (tertiary/aromatic N) is 1. The van der Waals surface area contributed by atoms with E-state index in [1.807, 2.05) is 42.5 Å². The molecule has 0 N–H and O–H groups in total. The molecule has 3 heteroatoms. The Balaban J connectivity index is 1.61. The lowest BCUT2D eigenvalue weighted by atomic mass is 10.3. The van der Waals surface area contributed by atoms with E-state index in [1.165, 1.54) is 0 Å². The maximum absolute atomic E-state index is 5.50. The lowest BCUT2D eigenvalue weighted by molar-refractivity contribution is 0.0887. The number of pyridine rings is 1. The Bertz CT molecular complexity index is 375. The molecule has 88 valence electrons. The molecule has 2 rings (SSSR count). The fourth-order valence-corrected chi connectivity index (χ4v) is 1.41. The van der Waals surface area contributed by atoms with Gasteiger partial charge in [-0.2, -0.15) is 0 Å². The van der Waals surface area contributed by atoms with Gasteiger partial charge < -0.3 is 9.47 Å². The molecule has 0 spiro atoms. The predicted octanol–water partition coefficient (Wildman–Crippen LogP) is 2.68. The van der Waals surface area contributed by atoms with Crippen LogP contribution in [0.1, 0.15) is 5.56 Å². The van der Waals surface area contributed by atoms with E-state index in [4.69, 9.17) is 9.47 Å². The van der Waals surface area contributed by atoms with Crippen molar-refractivity contribution in [3.63, 3.8) is 0 Å². The molecule has 1 aromatic heterocycles. The number of hydrogen-bond acceptors (Lipinski definition) is 3. The monoisotopic (exact) mass is 229 g/mol. The molecule has 17 heavy (non-hydrogen) atoms. The second kappa shape index (κ2) is 6.66. The van der Waals surface area contributed by atoms with Gasteiger partial charge in [0.2, 0.25) is 0 Å². The summed E-state index contributed by atoms with van der Waals surface area (Å²) < 4.78 is 11.0. The zero-order valence-electron chi connectivity index (χ0n) is 9.58. The van der Waals surface area contributed by atoms with Gasteiger partial charge in [-0.1, -0.05) is 24.3 Å². The van der Waals surface area contributed by atoms with Crippen molar-refractivity contribution in [1.82, 2.24) is 4.98 Å². The molecule has 0 aliphatic heterocycles. The lowest BCUT2D eigenvalue weighted by Crippen LogP contribution is -2.06. The summed E-state index contributed by atoms with van der Waals surface area (Å²) in [5.74, 6) is 0.873. The summed E-state index contributed by atoms with van der Waals surface area (Å²) in [6.45, 7) is 1.71. The second-order valence-electron chi connectivity index (χ2n) is 3.58. The van der Waals surface area contributed by atoms with Gasteiger partial charge >= 0.3 is 0 Å². The van der Waals surface area contributed by atoms with Crippen molar-refractivity contribution in [3.8, 4) is 5.75 Å². The van der Waals surface area contributed by atoms with Crippen LogP contribution in [0.4, 0.5) is 0 Å². The first kappa shape index (κ1) is 11.6. The normalized spacial score (nSPS) is 10.1. The van der Waals surface area contributed by atoms with Gasteiger partial charge in [0.25, 0.3) is 0 Å². The first-order valence-corrected chi connectivity index (χ1v) is 5.59. The molecule has 0 amide bonds. The molecule has 2 aromatic rings. The van der Waals surface area contributed by atoms with Crippen LogP contribution in [0.25, 0.3) is 0 Å². The van der Waals surface area contributed by atoms with Gasteiger partial charge in [0.1, 0.15) is 12.4 Å². The van der Waals surface area contributed by atoms with E-state index in [2.05, 4.69) is 4.98 Å². The van der Waals surface area contributed by atoms with Crippen LogP contribution in [0.5, 0.6) is 5.75 Å². The van der Waals surface area contributed by atoms with Gasteiger partial charge in [0.15, 0.2) is 0 Å². The number of hydrogen-bond donors (Lipinski definition) is 0. The zero-order chi connectivity index (χ0) is 11.8. The van der Waals surface area contributed by atoms with Crippen molar-refractivity contribution >= 4 is 0 Å². The Morgan fingerprint density at radius 1 is 0.941 bits per heavy atom. The third-order valence-corrected chi connectivity index (χ3v) is 2.23. The average Bonchev–Trinajstić information content (AvgIpc) is 2.41. The Hall–Kier alpha value is -1.87. The maximum Gasteiger partial charge on any atom is 0.119 e. The van der Waals surface area contributed by atoms with E-state index in [9.17, 15) is 0 Å². The summed E-state index contributed by atoms with van der Waals surface area (Å²) in [5, 5.41) is 0. The van der Waals surface area contributed by atoms with Crippen molar-refractivity contribution in [2.75, 3.05) is 13.2 Å². The molecule has 1 aromatic carbocycles. The highest BCUT2D eigenvalue weighted by atomic mass is 16.5. The molecular formula is C14H15NO2. The standard InChI is InChI=1S/C14H15NO2/c1-2-6-14(7-3-1)17-10-9-16-12-13-5-4-8-15-11-13/h1-8,11H,9-10,12H2. The zero-order valence-corrected chi connectivity index (χ0v) is 9.58. The highest BCUT2D eigenvalue weighted by Gasteiger charge is 1.94. The quantitative estimate of drug-likeness (QED) is 0.714. The van der Waals surface area contributed by atoms with Gasteiger partial charge in [-0.3, -0.25) is 4.98 Å². The molecule has 0 unspecified atom stereocenters. The summed E-state index contributed by atoms with van der Waals surface area (Å²) in [6, 6.07) is 13.6. The van der Waals surface area contributed by atoms with Crippen molar-refractivity contribution in [2.24, 2.45) is 0 Å². The number of aromatic nitrogens is 1. The van der Waals surface area contributed by atoms with Crippen molar-refractivity contribution in [3.05, 3.63) is 60.4 Å². The molecule has 3 nitrogen and oxygen atoms in total. The van der Waals surface area contributed by atoms with E-state index < -0.39 is 0 Å². The number of benzene rings is 1. The summed E-state index contributed by atoms with van der Waals surface area (Å²) in [7, 11) is 0. The Kier molecular flexibility index (Phi) is 4.55. The first-order chi connectivity index (χ1) is 8.45. The minimum Gasteiger partial charge on any atom is -0.491 e. The van der Waals surface area contributed by atoms with Gasteiger partial charge in [-0.25, -0.2) is 0 Å². The van der Waals surface area contributed by atoms with Crippen LogP contribution in [0, 0.1) is 0 Å². The smallest absolute Gasteiger partial charge is 0.119 e. The van der Waals surface area contributed by atoms with Crippen LogP contribution in [-0.2, 0) is 11.3 Å². The fraction of sp³-hybridized carbons (Fsp3) is 0.214. The minimum atomic E-state index is 0.560. The molecule has 0 aliphatic carbocycles. The van der Waals surface area contributed by atoms with E-state index in [1.54, 1.807) is 12.4 Å². The summed E-state index contributed by atoms with van der Waals surface area (Å²) in [4.78, 5) is 4.02. The molecule has 0 bridgehead atoms. The van der Waals surface area contributed by atoms with Gasteiger partial charge in [0, 0.05) is 12.4 Å². The van der Waals surface area contributed by atoms with Gasteiger partial charge in [0.05, 0.1) is 13.2 Å². The van der Waals surface area contributed by atoms with Gasteiger partial charge in [-0.05, 0) is 23.8 Å². The molecular weight excluding hydrogens is 214 g/mol. The number of rotatable bonds is 6. The van der Waals surface area contributed by atoms with Crippen LogP contribution >= 0.6 is 0 Å². The number of ether oxygens (including phenoxy) is 2.